The molecule has 2 aromatic carbocycles. The van der Waals surface area contributed by atoms with Gasteiger partial charge in [0.1, 0.15) is 10.8 Å². The summed E-state index contributed by atoms with van der Waals surface area (Å²) in [5.41, 5.74) is 8.60. The molecule has 0 unspecified atom stereocenters. The van der Waals surface area contributed by atoms with Crippen LogP contribution in [0.5, 0.6) is 0 Å². The number of thiazole rings is 1. The van der Waals surface area contributed by atoms with E-state index in [1.165, 1.54) is 17.4 Å². The normalized spacial score (nSPS) is 10.7. The zero-order valence-electron chi connectivity index (χ0n) is 10.3. The Labute approximate surface area is 128 Å². The first-order valence-electron chi connectivity index (χ1n) is 5.91. The minimum atomic E-state index is -0.294. The summed E-state index contributed by atoms with van der Waals surface area (Å²) in [5, 5.41) is 2.63. The fourth-order valence-corrected chi connectivity index (χ4v) is 3.11. The Morgan fingerprint density at radius 1 is 1.10 bits per heavy atom. The van der Waals surface area contributed by atoms with E-state index in [4.69, 9.17) is 5.73 Å². The van der Waals surface area contributed by atoms with Gasteiger partial charge in [-0.3, -0.25) is 0 Å². The summed E-state index contributed by atoms with van der Waals surface area (Å²) in [7, 11) is 0. The van der Waals surface area contributed by atoms with Crippen molar-refractivity contribution in [3.05, 3.63) is 58.1 Å². The van der Waals surface area contributed by atoms with Gasteiger partial charge in [-0.1, -0.05) is 28.1 Å². The van der Waals surface area contributed by atoms with Gasteiger partial charge >= 0.3 is 0 Å². The molecule has 1 aromatic heterocycles. The molecular weight excluding hydrogens is 339 g/mol. The van der Waals surface area contributed by atoms with Crippen molar-refractivity contribution < 1.29 is 4.39 Å². The summed E-state index contributed by atoms with van der Waals surface area (Å²) in [6, 6.07) is 12.5. The van der Waals surface area contributed by atoms with Gasteiger partial charge in [0.25, 0.3) is 0 Å². The summed E-state index contributed by atoms with van der Waals surface area (Å²) < 4.78 is 14.6. The zero-order chi connectivity index (χ0) is 14.1. The van der Waals surface area contributed by atoms with Crippen LogP contribution in [0.15, 0.2) is 52.3 Å². The predicted octanol–water partition coefficient (Wildman–Crippen LogP) is 4.96. The van der Waals surface area contributed by atoms with Crippen LogP contribution in [0.3, 0.4) is 0 Å². The third-order valence-electron chi connectivity index (χ3n) is 2.90. The van der Waals surface area contributed by atoms with Crippen molar-refractivity contribution in [3.63, 3.8) is 0 Å². The monoisotopic (exact) mass is 348 g/mol. The van der Waals surface area contributed by atoms with Gasteiger partial charge in [-0.25, -0.2) is 9.37 Å². The van der Waals surface area contributed by atoms with Crippen LogP contribution in [0.4, 0.5) is 10.1 Å². The largest absolute Gasteiger partial charge is 0.398 e. The number of nitrogen functional groups attached to an aromatic ring is 1. The van der Waals surface area contributed by atoms with Crippen molar-refractivity contribution >= 4 is 33.0 Å². The van der Waals surface area contributed by atoms with E-state index in [0.717, 1.165) is 10.6 Å². The Morgan fingerprint density at radius 3 is 2.65 bits per heavy atom. The second-order valence-corrected chi connectivity index (χ2v) is 6.02. The molecule has 3 aromatic rings. The lowest BCUT2D eigenvalue weighted by Gasteiger charge is -2.01. The molecule has 20 heavy (non-hydrogen) atoms. The maximum absolute atomic E-state index is 13.9. The molecule has 5 heteroatoms. The highest BCUT2D eigenvalue weighted by Gasteiger charge is 2.12. The van der Waals surface area contributed by atoms with E-state index in [9.17, 15) is 4.39 Å². The molecule has 0 radical (unpaired) electrons. The first kappa shape index (κ1) is 13.3. The maximum Gasteiger partial charge on any atom is 0.133 e. The van der Waals surface area contributed by atoms with E-state index in [2.05, 4.69) is 20.9 Å². The van der Waals surface area contributed by atoms with E-state index >= 15 is 0 Å². The summed E-state index contributed by atoms with van der Waals surface area (Å²) in [5.74, 6) is -0.294. The van der Waals surface area contributed by atoms with E-state index in [0.29, 0.717) is 21.4 Å². The molecule has 0 fully saturated rings. The highest BCUT2D eigenvalue weighted by Crippen LogP contribution is 2.33. The summed E-state index contributed by atoms with van der Waals surface area (Å²) in [6.07, 6.45) is 0. The Balaban J connectivity index is 2.04. The molecule has 0 aliphatic carbocycles. The van der Waals surface area contributed by atoms with E-state index < -0.39 is 0 Å². The van der Waals surface area contributed by atoms with Crippen molar-refractivity contribution in [2.75, 3.05) is 5.73 Å². The second kappa shape index (κ2) is 5.34. The average Bonchev–Trinajstić information content (AvgIpc) is 2.88. The molecule has 1 heterocycles. The molecular formula is C15H10BrFN2S. The lowest BCUT2D eigenvalue weighted by molar-refractivity contribution is 0.630. The van der Waals surface area contributed by atoms with Crippen LogP contribution in [0, 0.1) is 5.82 Å². The van der Waals surface area contributed by atoms with Gasteiger partial charge in [-0.05, 0) is 30.3 Å². The molecule has 0 aliphatic rings. The molecule has 0 bridgehead atoms. The Hall–Kier alpha value is -1.72. The minimum Gasteiger partial charge on any atom is -0.398 e. The van der Waals surface area contributed by atoms with Crippen LogP contribution in [-0.2, 0) is 0 Å². The van der Waals surface area contributed by atoms with Crippen LogP contribution in [-0.4, -0.2) is 4.98 Å². The lowest BCUT2D eigenvalue weighted by Crippen LogP contribution is -1.89. The first-order valence-corrected chi connectivity index (χ1v) is 7.58. The van der Waals surface area contributed by atoms with Crippen molar-refractivity contribution in [2.24, 2.45) is 0 Å². The third-order valence-corrected chi connectivity index (χ3v) is 4.27. The topological polar surface area (TPSA) is 38.9 Å². The van der Waals surface area contributed by atoms with E-state index in [-0.39, 0.29) is 5.82 Å². The van der Waals surface area contributed by atoms with Gasteiger partial charge in [-0.2, -0.15) is 0 Å². The number of hydrogen-bond acceptors (Lipinski definition) is 3. The molecule has 0 aliphatic heterocycles. The van der Waals surface area contributed by atoms with Gasteiger partial charge in [0.05, 0.1) is 5.69 Å². The van der Waals surface area contributed by atoms with Gasteiger partial charge in [-0.15, -0.1) is 11.3 Å². The lowest BCUT2D eigenvalue weighted by atomic mass is 10.1. The molecule has 0 spiro atoms. The molecule has 100 valence electrons. The predicted molar refractivity (Wildman–Crippen MR) is 85.1 cm³/mol. The van der Waals surface area contributed by atoms with Gasteiger partial charge < -0.3 is 5.73 Å². The molecule has 2 N–H and O–H groups in total. The quantitative estimate of drug-likeness (QED) is 0.664. The van der Waals surface area contributed by atoms with Crippen molar-refractivity contribution in [3.8, 4) is 21.8 Å². The molecule has 3 rings (SSSR count). The minimum absolute atomic E-state index is 0.294. The first-order chi connectivity index (χ1) is 9.65. The van der Waals surface area contributed by atoms with Crippen LogP contribution >= 0.6 is 27.3 Å². The number of nitrogens with two attached hydrogens (primary N) is 1. The summed E-state index contributed by atoms with van der Waals surface area (Å²) in [4.78, 5) is 4.49. The van der Waals surface area contributed by atoms with Gasteiger partial charge in [0.15, 0.2) is 0 Å². The highest BCUT2D eigenvalue weighted by atomic mass is 79.9. The molecule has 0 saturated carbocycles. The molecule has 0 atom stereocenters. The van der Waals surface area contributed by atoms with Crippen molar-refractivity contribution in [1.82, 2.24) is 4.98 Å². The Bertz CT molecular complexity index is 770. The van der Waals surface area contributed by atoms with Gasteiger partial charge in [0, 0.05) is 26.7 Å². The number of benzene rings is 2. The van der Waals surface area contributed by atoms with E-state index in [1.807, 2.05) is 29.6 Å². The van der Waals surface area contributed by atoms with Crippen molar-refractivity contribution in [2.45, 2.75) is 0 Å². The molecule has 0 amide bonds. The Kier molecular flexibility index (Phi) is 3.54. The molecule has 0 saturated heterocycles. The zero-order valence-corrected chi connectivity index (χ0v) is 12.7. The standard InChI is InChI=1S/C15H10BrFN2S/c16-9-5-6-10(12(17)7-9)14-8-20-15(19-14)11-3-1-2-4-13(11)18/h1-8H,18H2. The SMILES string of the molecule is Nc1ccccc1-c1nc(-c2ccc(Br)cc2F)cs1. The van der Waals surface area contributed by atoms with Crippen LogP contribution in [0.2, 0.25) is 0 Å². The van der Waals surface area contributed by atoms with Crippen LogP contribution in [0.1, 0.15) is 0 Å². The van der Waals surface area contributed by atoms with E-state index in [1.54, 1.807) is 12.1 Å². The van der Waals surface area contributed by atoms with Crippen molar-refractivity contribution in [1.29, 1.82) is 0 Å². The summed E-state index contributed by atoms with van der Waals surface area (Å²) in [6.45, 7) is 0. The second-order valence-electron chi connectivity index (χ2n) is 4.25. The number of nitrogens with zero attached hydrogens (tertiary/aromatic N) is 1. The van der Waals surface area contributed by atoms with Crippen LogP contribution < -0.4 is 5.73 Å². The number of aromatic nitrogens is 1. The number of anilines is 1. The number of para-hydroxylation sites is 1. The fraction of sp³-hybridized carbons (Fsp3) is 0. The average molecular weight is 349 g/mol. The number of halogens is 2. The number of rotatable bonds is 2. The third kappa shape index (κ3) is 2.46. The highest BCUT2D eigenvalue weighted by molar-refractivity contribution is 9.10. The van der Waals surface area contributed by atoms with Gasteiger partial charge in [0.2, 0.25) is 0 Å². The maximum atomic E-state index is 13.9. The fourth-order valence-electron chi connectivity index (χ4n) is 1.91. The smallest absolute Gasteiger partial charge is 0.133 e. The number of hydrogen-bond donors (Lipinski definition) is 1. The Morgan fingerprint density at radius 2 is 1.90 bits per heavy atom. The molecule has 2 nitrogen and oxygen atoms in total. The van der Waals surface area contributed by atoms with Crippen LogP contribution in [0.25, 0.3) is 21.8 Å². The summed E-state index contributed by atoms with van der Waals surface area (Å²) >= 11 is 4.70.